The van der Waals surface area contributed by atoms with Gasteiger partial charge in [0, 0.05) is 27.8 Å². The van der Waals surface area contributed by atoms with E-state index in [0.29, 0.717) is 35.7 Å². The van der Waals surface area contributed by atoms with Gasteiger partial charge in [-0.1, -0.05) is 200 Å². The zero-order chi connectivity index (χ0) is 40.8. The molecule has 1 heterocycles. The average molecular weight is 783 g/mol. The van der Waals surface area contributed by atoms with Gasteiger partial charge in [0.05, 0.1) is 12.0 Å². The fourth-order valence-corrected chi connectivity index (χ4v) is 9.09. The number of amidine groups is 2. The lowest BCUT2D eigenvalue weighted by Gasteiger charge is -2.31. The predicted octanol–water partition coefficient (Wildman–Crippen LogP) is 11.6. The molecule has 8 aromatic carbocycles. The second-order valence-electron chi connectivity index (χ2n) is 15.4. The van der Waals surface area contributed by atoms with Gasteiger partial charge in [0.25, 0.3) is 0 Å². The van der Waals surface area contributed by atoms with Gasteiger partial charge in [-0.25, -0.2) is 19.9 Å². The van der Waals surface area contributed by atoms with Crippen molar-refractivity contribution in [3.05, 3.63) is 245 Å². The van der Waals surface area contributed by atoms with Crippen molar-refractivity contribution >= 4 is 11.7 Å². The maximum absolute atomic E-state index is 6.58. The van der Waals surface area contributed by atoms with E-state index in [2.05, 4.69) is 84.9 Å². The molecule has 1 atom stereocenters. The fraction of sp³-hybridized carbons (Fsp3) is 0.0364. The van der Waals surface area contributed by atoms with E-state index in [0.717, 1.165) is 33.4 Å². The molecule has 11 rings (SSSR count). The Labute approximate surface area is 354 Å². The van der Waals surface area contributed by atoms with E-state index in [1.54, 1.807) is 0 Å². The van der Waals surface area contributed by atoms with Gasteiger partial charge in [-0.05, 0) is 56.1 Å². The Bertz CT molecular complexity index is 3090. The Balaban J connectivity index is 1.08. The third kappa shape index (κ3) is 6.16. The lowest BCUT2D eigenvalue weighted by molar-refractivity contribution is 0.791. The summed E-state index contributed by atoms with van der Waals surface area (Å²) in [4.78, 5) is 25.3. The highest BCUT2D eigenvalue weighted by atomic mass is 15.0. The molecule has 1 aromatic heterocycles. The summed E-state index contributed by atoms with van der Waals surface area (Å²) in [6.07, 6.45) is 0. The van der Waals surface area contributed by atoms with Gasteiger partial charge in [-0.2, -0.15) is 0 Å². The maximum Gasteiger partial charge on any atom is 0.164 e. The summed E-state index contributed by atoms with van der Waals surface area (Å²) in [5.74, 6) is 2.90. The van der Waals surface area contributed by atoms with E-state index in [1.807, 2.05) is 121 Å². The van der Waals surface area contributed by atoms with Crippen LogP contribution in [-0.4, -0.2) is 26.6 Å². The number of nitrogens with two attached hydrogens (primary N) is 1. The Morgan fingerprint density at radius 2 is 0.852 bits per heavy atom. The quantitative estimate of drug-likeness (QED) is 0.129. The van der Waals surface area contributed by atoms with E-state index in [4.69, 9.17) is 30.7 Å². The Hall–Kier alpha value is -8.09. The number of rotatable bonds is 7. The van der Waals surface area contributed by atoms with E-state index in [1.165, 1.54) is 44.5 Å². The standard InChI is InChI=1S/C55H38N6/c56-50(37-17-5-1-6-18-37)58-51(38-19-7-2-8-20-38)57-35-36-29-31-44-42-25-13-15-27-46(42)55(48(44)33-36)47-28-16-14-26-43(47)45-32-30-41(34-49(45)55)54-60-52(39-21-9-3-10-22-39)59-53(61-54)40-23-11-4-12-24-40/h1-34H,35H2,(H2,56,57,58). The molecule has 0 radical (unpaired) electrons. The monoisotopic (exact) mass is 782 g/mol. The highest BCUT2D eigenvalue weighted by Crippen LogP contribution is 2.63. The Kier molecular flexibility index (Phi) is 8.82. The summed E-state index contributed by atoms with van der Waals surface area (Å²) >= 11 is 0. The fourth-order valence-electron chi connectivity index (χ4n) is 9.09. The van der Waals surface area contributed by atoms with Crippen LogP contribution in [-0.2, 0) is 12.0 Å². The molecule has 1 spiro atoms. The molecule has 2 aliphatic rings. The van der Waals surface area contributed by atoms with Gasteiger partial charge in [0.2, 0.25) is 0 Å². The third-order valence-electron chi connectivity index (χ3n) is 11.9. The van der Waals surface area contributed by atoms with E-state index >= 15 is 0 Å². The molecule has 6 heteroatoms. The van der Waals surface area contributed by atoms with Gasteiger partial charge >= 0.3 is 0 Å². The van der Waals surface area contributed by atoms with Crippen molar-refractivity contribution in [2.24, 2.45) is 15.7 Å². The zero-order valence-electron chi connectivity index (χ0n) is 33.2. The number of hydrogen-bond acceptors (Lipinski definition) is 4. The molecule has 0 amide bonds. The predicted molar refractivity (Wildman–Crippen MR) is 246 cm³/mol. The van der Waals surface area contributed by atoms with E-state index in [-0.39, 0.29) is 0 Å². The first-order valence-corrected chi connectivity index (χ1v) is 20.5. The van der Waals surface area contributed by atoms with Crippen LogP contribution in [0.4, 0.5) is 0 Å². The van der Waals surface area contributed by atoms with Crippen molar-refractivity contribution in [3.63, 3.8) is 0 Å². The van der Waals surface area contributed by atoms with Crippen molar-refractivity contribution in [1.29, 1.82) is 0 Å². The van der Waals surface area contributed by atoms with Crippen LogP contribution in [0.25, 0.3) is 56.4 Å². The molecule has 9 aromatic rings. The third-order valence-corrected chi connectivity index (χ3v) is 11.9. The summed E-state index contributed by atoms with van der Waals surface area (Å²) in [7, 11) is 0. The van der Waals surface area contributed by atoms with Gasteiger partial charge in [0.1, 0.15) is 5.84 Å². The number of fused-ring (bicyclic) bond motifs is 10. The van der Waals surface area contributed by atoms with Gasteiger partial charge in [-0.15, -0.1) is 0 Å². The summed E-state index contributed by atoms with van der Waals surface area (Å²) in [6.45, 7) is 0.416. The number of hydrogen-bond donors (Lipinski definition) is 1. The zero-order valence-corrected chi connectivity index (χ0v) is 33.2. The minimum Gasteiger partial charge on any atom is -0.383 e. The molecular formula is C55H38N6. The molecule has 2 N–H and O–H groups in total. The Morgan fingerprint density at radius 3 is 1.43 bits per heavy atom. The number of aliphatic imine (C=N–C) groups is 2. The number of benzene rings is 8. The Morgan fingerprint density at radius 1 is 0.410 bits per heavy atom. The van der Waals surface area contributed by atoms with Crippen LogP contribution >= 0.6 is 0 Å². The van der Waals surface area contributed by atoms with Crippen molar-refractivity contribution in [2.75, 3.05) is 0 Å². The molecule has 0 saturated carbocycles. The van der Waals surface area contributed by atoms with E-state index in [9.17, 15) is 0 Å². The van der Waals surface area contributed by atoms with Gasteiger partial charge in [0.15, 0.2) is 23.3 Å². The minimum atomic E-state index is -0.594. The molecule has 0 saturated heterocycles. The van der Waals surface area contributed by atoms with Crippen molar-refractivity contribution in [3.8, 4) is 56.4 Å². The molecule has 6 nitrogen and oxygen atoms in total. The van der Waals surface area contributed by atoms with Crippen molar-refractivity contribution < 1.29 is 0 Å². The van der Waals surface area contributed by atoms with Crippen LogP contribution in [0.15, 0.2) is 216 Å². The molecule has 2 aliphatic carbocycles. The number of aromatic nitrogens is 3. The normalized spacial score (nSPS) is 15.0. The number of nitrogens with zero attached hydrogens (tertiary/aromatic N) is 5. The highest BCUT2D eigenvalue weighted by Gasteiger charge is 2.51. The summed E-state index contributed by atoms with van der Waals surface area (Å²) in [5.41, 5.74) is 21.4. The van der Waals surface area contributed by atoms with Crippen LogP contribution in [0.2, 0.25) is 0 Å². The molecule has 0 bridgehead atoms. The van der Waals surface area contributed by atoms with Crippen LogP contribution in [0.3, 0.4) is 0 Å². The molecule has 1 unspecified atom stereocenters. The average Bonchev–Trinajstić information content (AvgIpc) is 3.80. The maximum atomic E-state index is 6.58. The largest absolute Gasteiger partial charge is 0.383 e. The van der Waals surface area contributed by atoms with Crippen LogP contribution in [0.1, 0.15) is 38.9 Å². The highest BCUT2D eigenvalue weighted by molar-refractivity contribution is 6.11. The van der Waals surface area contributed by atoms with Gasteiger partial charge < -0.3 is 5.73 Å². The molecule has 61 heavy (non-hydrogen) atoms. The van der Waals surface area contributed by atoms with Crippen LogP contribution in [0, 0.1) is 0 Å². The first-order valence-electron chi connectivity index (χ1n) is 20.5. The first-order chi connectivity index (χ1) is 30.1. The summed E-state index contributed by atoms with van der Waals surface area (Å²) in [5, 5.41) is 0. The van der Waals surface area contributed by atoms with Crippen LogP contribution < -0.4 is 5.73 Å². The molecule has 0 aliphatic heterocycles. The molecule has 288 valence electrons. The van der Waals surface area contributed by atoms with Crippen LogP contribution in [0.5, 0.6) is 0 Å². The SMILES string of the molecule is N/C(=N\C(=N/Cc1ccc2c(c1)C1(c3ccccc3-2)c2ccccc2-c2ccc(-c3nc(-c4ccccc4)nc(-c4ccccc4)n3)cc21)c1ccccc1)c1ccccc1. The minimum absolute atomic E-state index is 0.416. The summed E-state index contributed by atoms with van der Waals surface area (Å²) < 4.78 is 0. The first kappa shape index (κ1) is 36.0. The smallest absolute Gasteiger partial charge is 0.164 e. The van der Waals surface area contributed by atoms with Gasteiger partial charge in [-0.3, -0.25) is 4.99 Å². The second kappa shape index (κ2) is 14.9. The van der Waals surface area contributed by atoms with Crippen molar-refractivity contribution in [1.82, 2.24) is 15.0 Å². The lowest BCUT2D eigenvalue weighted by Crippen LogP contribution is -2.26. The molecule has 0 fully saturated rings. The lowest BCUT2D eigenvalue weighted by atomic mass is 9.70. The van der Waals surface area contributed by atoms with Crippen molar-refractivity contribution in [2.45, 2.75) is 12.0 Å². The summed E-state index contributed by atoms with van der Waals surface area (Å²) in [6, 6.07) is 71.4. The topological polar surface area (TPSA) is 89.4 Å². The van der Waals surface area contributed by atoms with E-state index < -0.39 is 5.41 Å². The molecular weight excluding hydrogens is 745 g/mol. The second-order valence-corrected chi connectivity index (χ2v) is 15.4.